The molecule has 0 saturated carbocycles. The average molecular weight is 624 g/mol. The van der Waals surface area contributed by atoms with E-state index in [0.29, 0.717) is 18.8 Å². The van der Waals surface area contributed by atoms with Crippen molar-refractivity contribution in [2.45, 2.75) is 50.5 Å². The van der Waals surface area contributed by atoms with E-state index in [4.69, 9.17) is 14.5 Å². The summed E-state index contributed by atoms with van der Waals surface area (Å²) in [6, 6.07) is 17.0. The standard InChI is InChI=1S/C34H36F3N3O3S/c1-4-22(3)31-30(24-10-13-27(44)14-11-24)38-32(28-20-26(34(35,36)37)12-15-29(28)43-5-2)40(31)33(41)25-8-6-23(7-9-25)21-39-16-18-42-19-17-39/h4,6-15,20,30-31,44H,5,16-19,21H2,1-3H3/b22-4+. The van der Waals surface area contributed by atoms with Crippen LogP contribution in [0, 0.1) is 0 Å². The lowest BCUT2D eigenvalue weighted by atomic mass is 9.93. The number of ether oxygens (including phenoxy) is 2. The Morgan fingerprint density at radius 3 is 2.36 bits per heavy atom. The summed E-state index contributed by atoms with van der Waals surface area (Å²) < 4.78 is 53.1. The van der Waals surface area contributed by atoms with E-state index < -0.39 is 23.8 Å². The fraction of sp³-hybridized carbons (Fsp3) is 0.353. The lowest BCUT2D eigenvalue weighted by Crippen LogP contribution is -2.43. The van der Waals surface area contributed by atoms with Crippen LogP contribution in [0.15, 0.2) is 88.3 Å². The van der Waals surface area contributed by atoms with Crippen LogP contribution >= 0.6 is 12.6 Å². The van der Waals surface area contributed by atoms with Crippen LogP contribution in [0.2, 0.25) is 0 Å². The van der Waals surface area contributed by atoms with Gasteiger partial charge in [-0.3, -0.25) is 19.6 Å². The Balaban J connectivity index is 1.61. The van der Waals surface area contributed by atoms with Crippen molar-refractivity contribution in [3.8, 4) is 5.75 Å². The minimum absolute atomic E-state index is 0.112. The van der Waals surface area contributed by atoms with Gasteiger partial charge in [0.15, 0.2) is 0 Å². The third-order valence-corrected chi connectivity index (χ3v) is 8.30. The SMILES string of the molecule is C/C=C(\C)C1C(c2ccc(S)cc2)N=C(c2cc(C(F)(F)F)ccc2OCC)N1C(=O)c1ccc(CN2CCOCC2)cc1. The van der Waals surface area contributed by atoms with Crippen LogP contribution < -0.4 is 4.74 Å². The van der Waals surface area contributed by atoms with Crippen molar-refractivity contribution in [2.75, 3.05) is 32.9 Å². The minimum Gasteiger partial charge on any atom is -0.493 e. The quantitative estimate of drug-likeness (QED) is 0.213. The fourth-order valence-corrected chi connectivity index (χ4v) is 5.73. The van der Waals surface area contributed by atoms with Crippen molar-refractivity contribution in [2.24, 2.45) is 4.99 Å². The second-order valence-electron chi connectivity index (χ2n) is 10.9. The number of benzene rings is 3. The molecule has 2 heterocycles. The second-order valence-corrected chi connectivity index (χ2v) is 11.4. The number of morpholine rings is 1. The van der Waals surface area contributed by atoms with E-state index in [-0.39, 0.29) is 29.7 Å². The molecule has 5 rings (SSSR count). The predicted octanol–water partition coefficient (Wildman–Crippen LogP) is 7.20. The predicted molar refractivity (Wildman–Crippen MR) is 168 cm³/mol. The Hall–Kier alpha value is -3.60. The highest BCUT2D eigenvalue weighted by Gasteiger charge is 2.44. The highest BCUT2D eigenvalue weighted by molar-refractivity contribution is 7.80. The molecule has 6 nitrogen and oxygen atoms in total. The number of thiol groups is 1. The van der Waals surface area contributed by atoms with Crippen LogP contribution in [0.25, 0.3) is 0 Å². The van der Waals surface area contributed by atoms with E-state index in [1.165, 1.54) is 11.0 Å². The largest absolute Gasteiger partial charge is 0.493 e. The minimum atomic E-state index is -4.59. The van der Waals surface area contributed by atoms with Crippen molar-refractivity contribution in [3.63, 3.8) is 0 Å². The molecule has 0 spiro atoms. The number of amides is 1. The summed E-state index contributed by atoms with van der Waals surface area (Å²) >= 11 is 4.41. The molecule has 1 saturated heterocycles. The van der Waals surface area contributed by atoms with Gasteiger partial charge in [0.25, 0.3) is 5.91 Å². The van der Waals surface area contributed by atoms with Crippen molar-refractivity contribution < 1.29 is 27.4 Å². The maximum Gasteiger partial charge on any atom is 0.416 e. The molecule has 0 aromatic heterocycles. The van der Waals surface area contributed by atoms with E-state index >= 15 is 0 Å². The molecule has 0 aliphatic carbocycles. The number of carbonyl (C=O) groups is 1. The summed E-state index contributed by atoms with van der Waals surface area (Å²) in [6.07, 6.45) is -2.69. The number of rotatable bonds is 8. The molecule has 2 aliphatic heterocycles. The van der Waals surface area contributed by atoms with Crippen LogP contribution in [0.3, 0.4) is 0 Å². The number of nitrogens with zero attached hydrogens (tertiary/aromatic N) is 3. The first-order valence-corrected chi connectivity index (χ1v) is 15.1. The maximum atomic E-state index is 14.5. The van der Waals surface area contributed by atoms with Crippen molar-refractivity contribution >= 4 is 24.4 Å². The summed E-state index contributed by atoms with van der Waals surface area (Å²) in [4.78, 5) is 24.0. The zero-order chi connectivity index (χ0) is 31.4. The topological polar surface area (TPSA) is 54.4 Å². The lowest BCUT2D eigenvalue weighted by Gasteiger charge is -2.31. The maximum absolute atomic E-state index is 14.5. The number of alkyl halides is 3. The molecule has 44 heavy (non-hydrogen) atoms. The van der Waals surface area contributed by atoms with E-state index in [2.05, 4.69) is 17.5 Å². The molecule has 0 N–H and O–H groups in total. The normalized spacial score (nSPS) is 19.7. The van der Waals surface area contributed by atoms with Gasteiger partial charge in [0.1, 0.15) is 17.6 Å². The first-order valence-electron chi connectivity index (χ1n) is 14.7. The summed E-state index contributed by atoms with van der Waals surface area (Å²) in [6.45, 7) is 9.57. The summed E-state index contributed by atoms with van der Waals surface area (Å²) in [7, 11) is 0. The summed E-state index contributed by atoms with van der Waals surface area (Å²) in [5.74, 6) is -0.00436. The molecule has 0 bridgehead atoms. The number of aliphatic imine (C=N–C) groups is 1. The van der Waals surface area contributed by atoms with E-state index in [9.17, 15) is 18.0 Å². The van der Waals surface area contributed by atoms with Gasteiger partial charge in [-0.1, -0.05) is 35.9 Å². The fourth-order valence-electron chi connectivity index (χ4n) is 5.58. The Labute approximate surface area is 261 Å². The third-order valence-electron chi connectivity index (χ3n) is 8.00. The van der Waals surface area contributed by atoms with Crippen molar-refractivity contribution in [1.82, 2.24) is 9.80 Å². The molecule has 1 amide bonds. The van der Waals surface area contributed by atoms with Gasteiger partial charge >= 0.3 is 6.18 Å². The molecule has 2 unspecified atom stereocenters. The van der Waals surface area contributed by atoms with Gasteiger partial charge in [-0.25, -0.2) is 0 Å². The molecule has 10 heteroatoms. The van der Waals surface area contributed by atoms with Gasteiger partial charge < -0.3 is 9.47 Å². The average Bonchev–Trinajstić information content (AvgIpc) is 3.42. The van der Waals surface area contributed by atoms with Crippen LogP contribution in [-0.4, -0.2) is 60.5 Å². The van der Waals surface area contributed by atoms with Gasteiger partial charge in [-0.15, -0.1) is 12.6 Å². The summed E-state index contributed by atoms with van der Waals surface area (Å²) in [5.41, 5.74) is 2.40. The molecule has 1 fully saturated rings. The molecular formula is C34H36F3N3O3S. The van der Waals surface area contributed by atoms with Crippen LogP contribution in [0.5, 0.6) is 5.75 Å². The van der Waals surface area contributed by atoms with Crippen LogP contribution in [0.1, 0.15) is 59.4 Å². The smallest absolute Gasteiger partial charge is 0.416 e. The zero-order valence-electron chi connectivity index (χ0n) is 25.0. The van der Waals surface area contributed by atoms with Crippen LogP contribution in [-0.2, 0) is 17.5 Å². The Morgan fingerprint density at radius 1 is 1.07 bits per heavy atom. The number of hydrogen-bond donors (Lipinski definition) is 1. The number of amidine groups is 1. The monoisotopic (exact) mass is 623 g/mol. The molecule has 3 aromatic rings. The second kappa shape index (κ2) is 13.6. The molecular weight excluding hydrogens is 587 g/mol. The highest BCUT2D eigenvalue weighted by atomic mass is 32.1. The molecule has 232 valence electrons. The van der Waals surface area contributed by atoms with Gasteiger partial charge in [-0.2, -0.15) is 13.2 Å². The first kappa shape index (κ1) is 31.8. The molecule has 2 aliphatic rings. The van der Waals surface area contributed by atoms with Gasteiger partial charge in [0, 0.05) is 30.1 Å². The number of hydrogen-bond acceptors (Lipinski definition) is 6. The third kappa shape index (κ3) is 6.87. The van der Waals surface area contributed by atoms with Crippen molar-refractivity contribution in [3.05, 3.63) is 106 Å². The molecule has 2 atom stereocenters. The van der Waals surface area contributed by atoms with E-state index in [1.54, 1.807) is 19.1 Å². The Morgan fingerprint density at radius 2 is 1.75 bits per heavy atom. The summed E-state index contributed by atoms with van der Waals surface area (Å²) in [5, 5.41) is 0. The van der Waals surface area contributed by atoms with Crippen molar-refractivity contribution in [1.29, 1.82) is 0 Å². The lowest BCUT2D eigenvalue weighted by molar-refractivity contribution is -0.137. The Kier molecular flexibility index (Phi) is 9.82. The van der Waals surface area contributed by atoms with E-state index in [1.807, 2.05) is 56.3 Å². The van der Waals surface area contributed by atoms with Gasteiger partial charge in [0.2, 0.25) is 0 Å². The number of halogens is 3. The number of carbonyl (C=O) groups excluding carboxylic acids is 1. The van der Waals surface area contributed by atoms with E-state index in [0.717, 1.165) is 53.4 Å². The molecule has 0 radical (unpaired) electrons. The van der Waals surface area contributed by atoms with Crippen LogP contribution in [0.4, 0.5) is 13.2 Å². The van der Waals surface area contributed by atoms with Gasteiger partial charge in [0.05, 0.1) is 37.0 Å². The number of allylic oxidation sites excluding steroid dienone is 1. The first-order chi connectivity index (χ1) is 21.1. The Bertz CT molecular complexity index is 1530. The van der Waals surface area contributed by atoms with Gasteiger partial charge in [-0.05, 0) is 74.4 Å². The zero-order valence-corrected chi connectivity index (χ0v) is 25.9. The molecule has 3 aromatic carbocycles. The highest BCUT2D eigenvalue weighted by Crippen LogP contribution is 2.41.